The van der Waals surface area contributed by atoms with Gasteiger partial charge in [0.1, 0.15) is 24.2 Å². The number of rotatable bonds is 13. The van der Waals surface area contributed by atoms with Crippen LogP contribution < -0.4 is 22.1 Å². The van der Waals surface area contributed by atoms with E-state index in [-0.39, 0.29) is 19.3 Å². The molecule has 0 aromatic heterocycles. The SMILES string of the molecule is CSCCC(NC(=O)C1CCCN1C(=O)C(N)C(C)O)C(=O)NC(CCC(N)=O)C(=O)O. The number of hydrogen-bond donors (Lipinski definition) is 6. The van der Waals surface area contributed by atoms with E-state index in [4.69, 9.17) is 11.5 Å². The summed E-state index contributed by atoms with van der Waals surface area (Å²) in [6.07, 6.45) is 1.50. The van der Waals surface area contributed by atoms with Crippen molar-refractivity contribution < 1.29 is 34.2 Å². The maximum Gasteiger partial charge on any atom is 0.326 e. The maximum atomic E-state index is 12.9. The second-order valence-electron chi connectivity index (χ2n) is 7.70. The minimum Gasteiger partial charge on any atom is -0.480 e. The highest BCUT2D eigenvalue weighted by Crippen LogP contribution is 2.19. The number of carbonyl (C=O) groups excluding carboxylic acids is 4. The number of aliphatic carboxylic acids is 1. The van der Waals surface area contributed by atoms with Crippen LogP contribution in [0.4, 0.5) is 0 Å². The van der Waals surface area contributed by atoms with Gasteiger partial charge >= 0.3 is 5.97 Å². The summed E-state index contributed by atoms with van der Waals surface area (Å²) in [6.45, 7) is 1.68. The number of hydrogen-bond acceptors (Lipinski definition) is 8. The Morgan fingerprint density at radius 2 is 1.81 bits per heavy atom. The van der Waals surface area contributed by atoms with E-state index in [0.717, 1.165) is 0 Å². The highest BCUT2D eigenvalue weighted by atomic mass is 32.2. The van der Waals surface area contributed by atoms with E-state index >= 15 is 0 Å². The van der Waals surface area contributed by atoms with Gasteiger partial charge < -0.3 is 37.2 Å². The lowest BCUT2D eigenvalue weighted by molar-refractivity contribution is -0.143. The van der Waals surface area contributed by atoms with Gasteiger partial charge in [0.05, 0.1) is 6.10 Å². The summed E-state index contributed by atoms with van der Waals surface area (Å²) < 4.78 is 0. The molecule has 1 aliphatic rings. The van der Waals surface area contributed by atoms with Crippen LogP contribution in [-0.4, -0.2) is 93.5 Å². The Bertz CT molecular complexity index is 706. The van der Waals surface area contributed by atoms with Gasteiger partial charge in [0.25, 0.3) is 0 Å². The molecule has 182 valence electrons. The zero-order chi connectivity index (χ0) is 24.4. The molecule has 0 radical (unpaired) electrons. The van der Waals surface area contributed by atoms with E-state index < -0.39 is 59.9 Å². The van der Waals surface area contributed by atoms with Gasteiger partial charge in [0, 0.05) is 13.0 Å². The number of carboxylic acid groups (broad SMARTS) is 1. The molecule has 1 fully saturated rings. The quantitative estimate of drug-likeness (QED) is 0.170. The number of nitrogens with zero attached hydrogens (tertiary/aromatic N) is 1. The van der Waals surface area contributed by atoms with Crippen LogP contribution in [-0.2, 0) is 24.0 Å². The van der Waals surface area contributed by atoms with Gasteiger partial charge in [-0.15, -0.1) is 0 Å². The molecule has 1 rings (SSSR count). The van der Waals surface area contributed by atoms with Crippen molar-refractivity contribution in [3.8, 4) is 0 Å². The minimum absolute atomic E-state index is 0.179. The highest BCUT2D eigenvalue weighted by molar-refractivity contribution is 7.98. The molecule has 5 atom stereocenters. The molecule has 0 aromatic carbocycles. The van der Waals surface area contributed by atoms with Gasteiger partial charge in [-0.05, 0) is 44.6 Å². The molecule has 1 saturated heterocycles. The summed E-state index contributed by atoms with van der Waals surface area (Å²) in [4.78, 5) is 61.8. The van der Waals surface area contributed by atoms with Crippen molar-refractivity contribution in [3.63, 3.8) is 0 Å². The number of carbonyl (C=O) groups is 5. The lowest BCUT2D eigenvalue weighted by Gasteiger charge is -2.29. The summed E-state index contributed by atoms with van der Waals surface area (Å²) in [5, 5.41) is 23.8. The Hall–Kier alpha value is -2.38. The molecule has 4 amide bonds. The van der Waals surface area contributed by atoms with Gasteiger partial charge in [0.15, 0.2) is 0 Å². The molecule has 1 aliphatic heterocycles. The van der Waals surface area contributed by atoms with Crippen LogP contribution in [0.5, 0.6) is 0 Å². The van der Waals surface area contributed by atoms with E-state index in [2.05, 4.69) is 10.6 Å². The molecule has 0 spiro atoms. The molecular formula is C19H33N5O7S. The second-order valence-corrected chi connectivity index (χ2v) is 8.69. The van der Waals surface area contributed by atoms with Crippen LogP contribution in [0.15, 0.2) is 0 Å². The number of thioether (sulfide) groups is 1. The number of primary amides is 1. The van der Waals surface area contributed by atoms with Gasteiger partial charge in [-0.2, -0.15) is 11.8 Å². The van der Waals surface area contributed by atoms with Crippen LogP contribution in [0.25, 0.3) is 0 Å². The largest absolute Gasteiger partial charge is 0.480 e. The van der Waals surface area contributed by atoms with Crippen LogP contribution in [0.3, 0.4) is 0 Å². The Balaban J connectivity index is 2.89. The van der Waals surface area contributed by atoms with Crippen molar-refractivity contribution in [1.29, 1.82) is 0 Å². The number of nitrogens with two attached hydrogens (primary N) is 2. The number of carboxylic acids is 1. The highest BCUT2D eigenvalue weighted by Gasteiger charge is 2.38. The fourth-order valence-electron chi connectivity index (χ4n) is 3.29. The van der Waals surface area contributed by atoms with Gasteiger partial charge in [-0.25, -0.2) is 4.79 Å². The fourth-order valence-corrected chi connectivity index (χ4v) is 3.76. The molecule has 12 nitrogen and oxygen atoms in total. The van der Waals surface area contributed by atoms with Gasteiger partial charge in [0.2, 0.25) is 23.6 Å². The minimum atomic E-state index is -1.34. The van der Waals surface area contributed by atoms with Crippen LogP contribution in [0.1, 0.15) is 39.0 Å². The molecule has 5 unspecified atom stereocenters. The van der Waals surface area contributed by atoms with E-state index in [1.807, 2.05) is 6.26 Å². The molecule has 0 bridgehead atoms. The van der Waals surface area contributed by atoms with Crippen LogP contribution >= 0.6 is 11.8 Å². The predicted molar refractivity (Wildman–Crippen MR) is 117 cm³/mol. The standard InChI is InChI=1S/C19H33N5O7S/c1-10(25)15(21)18(29)24-8-3-4-13(24)17(28)22-11(7-9-32-2)16(27)23-12(19(30)31)5-6-14(20)26/h10-13,15,25H,3-9,21H2,1-2H3,(H2,20,26)(H,22,28)(H,23,27)(H,30,31). The van der Waals surface area contributed by atoms with Crippen molar-refractivity contribution >= 4 is 41.4 Å². The van der Waals surface area contributed by atoms with Gasteiger partial charge in [-0.1, -0.05) is 0 Å². The molecule has 0 aliphatic carbocycles. The van der Waals surface area contributed by atoms with Crippen molar-refractivity contribution in [2.75, 3.05) is 18.6 Å². The first-order valence-electron chi connectivity index (χ1n) is 10.3. The van der Waals surface area contributed by atoms with Crippen molar-refractivity contribution in [3.05, 3.63) is 0 Å². The summed E-state index contributed by atoms with van der Waals surface area (Å²) >= 11 is 1.44. The molecular weight excluding hydrogens is 442 g/mol. The van der Waals surface area contributed by atoms with E-state index in [1.54, 1.807) is 0 Å². The van der Waals surface area contributed by atoms with Crippen molar-refractivity contribution in [2.24, 2.45) is 11.5 Å². The molecule has 1 heterocycles. The van der Waals surface area contributed by atoms with E-state index in [9.17, 15) is 34.2 Å². The topological polar surface area (TPSA) is 205 Å². The smallest absolute Gasteiger partial charge is 0.326 e. The third-order valence-corrected chi connectivity index (χ3v) is 5.82. The third-order valence-electron chi connectivity index (χ3n) is 5.18. The van der Waals surface area contributed by atoms with Crippen LogP contribution in [0.2, 0.25) is 0 Å². The maximum absolute atomic E-state index is 12.9. The lowest BCUT2D eigenvalue weighted by atomic mass is 10.1. The van der Waals surface area contributed by atoms with Gasteiger partial charge in [-0.3, -0.25) is 19.2 Å². The fraction of sp³-hybridized carbons (Fsp3) is 0.737. The van der Waals surface area contributed by atoms with E-state index in [1.165, 1.54) is 23.6 Å². The predicted octanol–water partition coefficient (Wildman–Crippen LogP) is -2.24. The zero-order valence-electron chi connectivity index (χ0n) is 18.3. The van der Waals surface area contributed by atoms with Crippen molar-refractivity contribution in [1.82, 2.24) is 15.5 Å². The summed E-state index contributed by atoms with van der Waals surface area (Å²) in [5.74, 6) is -3.33. The third kappa shape index (κ3) is 8.28. The number of likely N-dealkylation sites (tertiary alicyclic amines) is 1. The molecule has 8 N–H and O–H groups in total. The Labute approximate surface area is 190 Å². The number of aliphatic hydroxyl groups excluding tert-OH is 1. The summed E-state index contributed by atoms with van der Waals surface area (Å²) in [6, 6.07) is -4.38. The Kier molecular flexibility index (Phi) is 11.4. The molecule has 13 heteroatoms. The molecule has 0 saturated carbocycles. The second kappa shape index (κ2) is 13.2. The Morgan fingerprint density at radius 3 is 2.34 bits per heavy atom. The van der Waals surface area contributed by atoms with Crippen LogP contribution in [0, 0.1) is 0 Å². The van der Waals surface area contributed by atoms with Crippen molar-refractivity contribution in [2.45, 2.75) is 69.3 Å². The first-order valence-corrected chi connectivity index (χ1v) is 11.7. The lowest BCUT2D eigenvalue weighted by Crippen LogP contribution is -2.57. The first kappa shape index (κ1) is 27.7. The summed E-state index contributed by atoms with van der Waals surface area (Å²) in [5.41, 5.74) is 10.8. The average molecular weight is 476 g/mol. The molecule has 32 heavy (non-hydrogen) atoms. The number of aliphatic hydroxyl groups is 1. The number of nitrogens with one attached hydrogen (secondary N) is 2. The monoisotopic (exact) mass is 475 g/mol. The average Bonchev–Trinajstić information content (AvgIpc) is 3.22. The number of amides is 4. The summed E-state index contributed by atoms with van der Waals surface area (Å²) in [7, 11) is 0. The Morgan fingerprint density at radius 1 is 1.16 bits per heavy atom. The van der Waals surface area contributed by atoms with E-state index in [0.29, 0.717) is 25.1 Å². The zero-order valence-corrected chi connectivity index (χ0v) is 19.1. The normalized spacial score (nSPS) is 19.5. The first-order chi connectivity index (χ1) is 15.0. The molecule has 0 aromatic rings.